The highest BCUT2D eigenvalue weighted by Crippen LogP contribution is 2.28. The lowest BCUT2D eigenvalue weighted by atomic mass is 10.1. The number of likely N-dealkylation sites (N-methyl/N-ethyl adjacent to an activating group) is 1. The maximum Gasteiger partial charge on any atom is 0.191 e. The second kappa shape index (κ2) is 9.32. The predicted octanol–water partition coefficient (Wildman–Crippen LogP) is 1.86. The van der Waals surface area contributed by atoms with Crippen molar-refractivity contribution in [2.24, 2.45) is 12.0 Å². The van der Waals surface area contributed by atoms with Gasteiger partial charge in [-0.15, -0.1) is 0 Å². The molecule has 0 saturated heterocycles. The Bertz CT molecular complexity index is 527. The molecule has 1 aliphatic carbocycles. The maximum atomic E-state index is 4.84. The summed E-state index contributed by atoms with van der Waals surface area (Å²) in [7, 11) is 6.13. The van der Waals surface area contributed by atoms with E-state index in [2.05, 4.69) is 54.1 Å². The number of thioether (sulfide) groups is 1. The van der Waals surface area contributed by atoms with Crippen molar-refractivity contribution in [2.75, 3.05) is 33.4 Å². The SMILES string of the molecule is CCNC(=NCC(c1cnn(C)c1)N(C)C)NC1CCC(SC)C1. The third-order valence-corrected chi connectivity index (χ3v) is 5.65. The minimum Gasteiger partial charge on any atom is -0.357 e. The monoisotopic (exact) mass is 352 g/mol. The minimum absolute atomic E-state index is 0.233. The zero-order chi connectivity index (χ0) is 17.5. The van der Waals surface area contributed by atoms with Gasteiger partial charge in [0.2, 0.25) is 0 Å². The number of nitrogens with one attached hydrogen (secondary N) is 2. The second-order valence-electron chi connectivity index (χ2n) is 6.66. The van der Waals surface area contributed by atoms with Gasteiger partial charge in [-0.3, -0.25) is 9.67 Å². The first-order chi connectivity index (χ1) is 11.5. The smallest absolute Gasteiger partial charge is 0.191 e. The number of rotatable bonds is 7. The molecule has 3 atom stereocenters. The summed E-state index contributed by atoms with van der Waals surface area (Å²) in [4.78, 5) is 7.04. The molecule has 7 heteroatoms. The van der Waals surface area contributed by atoms with Crippen LogP contribution in [0.4, 0.5) is 0 Å². The number of hydrogen-bond acceptors (Lipinski definition) is 4. The highest BCUT2D eigenvalue weighted by Gasteiger charge is 2.24. The predicted molar refractivity (Wildman–Crippen MR) is 104 cm³/mol. The fourth-order valence-corrected chi connectivity index (χ4v) is 3.95. The Morgan fingerprint density at radius 2 is 2.29 bits per heavy atom. The van der Waals surface area contributed by atoms with Gasteiger partial charge in [0.15, 0.2) is 5.96 Å². The van der Waals surface area contributed by atoms with Gasteiger partial charge >= 0.3 is 0 Å². The van der Waals surface area contributed by atoms with Crippen molar-refractivity contribution in [2.45, 2.75) is 43.5 Å². The van der Waals surface area contributed by atoms with Crippen LogP contribution in [0.1, 0.15) is 37.8 Å². The van der Waals surface area contributed by atoms with Crippen LogP contribution >= 0.6 is 11.8 Å². The Balaban J connectivity index is 2.00. The summed E-state index contributed by atoms with van der Waals surface area (Å²) in [5, 5.41) is 12.1. The van der Waals surface area contributed by atoms with Gasteiger partial charge in [0.1, 0.15) is 0 Å². The fraction of sp³-hybridized carbons (Fsp3) is 0.765. The molecule has 0 radical (unpaired) electrons. The molecular weight excluding hydrogens is 320 g/mol. The Hall–Kier alpha value is -1.21. The number of aromatic nitrogens is 2. The van der Waals surface area contributed by atoms with Crippen LogP contribution in [0.15, 0.2) is 17.4 Å². The van der Waals surface area contributed by atoms with E-state index < -0.39 is 0 Å². The summed E-state index contributed by atoms with van der Waals surface area (Å²) in [6, 6.07) is 0.771. The lowest BCUT2D eigenvalue weighted by molar-refractivity contribution is 0.306. The largest absolute Gasteiger partial charge is 0.357 e. The molecule has 0 bridgehead atoms. The van der Waals surface area contributed by atoms with E-state index in [9.17, 15) is 0 Å². The third-order valence-electron chi connectivity index (χ3n) is 4.56. The number of guanidine groups is 1. The van der Waals surface area contributed by atoms with Crippen LogP contribution in [0, 0.1) is 0 Å². The number of aryl methyl sites for hydroxylation is 1. The van der Waals surface area contributed by atoms with E-state index in [1.165, 1.54) is 24.8 Å². The summed E-state index contributed by atoms with van der Waals surface area (Å²) < 4.78 is 1.85. The number of hydrogen-bond donors (Lipinski definition) is 2. The van der Waals surface area contributed by atoms with Gasteiger partial charge in [-0.25, -0.2) is 0 Å². The molecule has 1 aromatic rings. The Kier molecular flexibility index (Phi) is 7.42. The second-order valence-corrected chi connectivity index (χ2v) is 7.80. The third kappa shape index (κ3) is 5.41. The molecule has 1 heterocycles. The van der Waals surface area contributed by atoms with E-state index in [0.29, 0.717) is 12.6 Å². The van der Waals surface area contributed by atoms with E-state index in [1.807, 2.05) is 29.7 Å². The van der Waals surface area contributed by atoms with Gasteiger partial charge in [0.25, 0.3) is 0 Å². The van der Waals surface area contributed by atoms with Crippen LogP contribution in [-0.2, 0) is 7.05 Å². The highest BCUT2D eigenvalue weighted by molar-refractivity contribution is 7.99. The van der Waals surface area contributed by atoms with Gasteiger partial charge in [0.05, 0.1) is 18.8 Å². The van der Waals surface area contributed by atoms with Crippen molar-refractivity contribution in [1.82, 2.24) is 25.3 Å². The van der Waals surface area contributed by atoms with Gasteiger partial charge in [0, 0.05) is 36.6 Å². The zero-order valence-electron chi connectivity index (χ0n) is 15.6. The molecule has 1 fully saturated rings. The van der Waals surface area contributed by atoms with Crippen LogP contribution in [0.25, 0.3) is 0 Å². The first-order valence-corrected chi connectivity index (χ1v) is 10.0. The average molecular weight is 353 g/mol. The van der Waals surface area contributed by atoms with Crippen LogP contribution in [0.5, 0.6) is 0 Å². The molecule has 136 valence electrons. The van der Waals surface area contributed by atoms with Crippen molar-refractivity contribution < 1.29 is 0 Å². The molecule has 0 aromatic carbocycles. The lowest BCUT2D eigenvalue weighted by Gasteiger charge is -2.23. The van der Waals surface area contributed by atoms with Gasteiger partial charge < -0.3 is 15.5 Å². The van der Waals surface area contributed by atoms with E-state index in [4.69, 9.17) is 4.99 Å². The molecule has 6 nitrogen and oxygen atoms in total. The molecular formula is C17H32N6S. The van der Waals surface area contributed by atoms with Crippen molar-refractivity contribution in [3.63, 3.8) is 0 Å². The molecule has 1 saturated carbocycles. The van der Waals surface area contributed by atoms with E-state index in [1.54, 1.807) is 0 Å². The molecule has 1 aliphatic rings. The van der Waals surface area contributed by atoms with E-state index >= 15 is 0 Å². The summed E-state index contributed by atoms with van der Waals surface area (Å²) in [6.45, 7) is 3.71. The van der Waals surface area contributed by atoms with Crippen LogP contribution in [0.2, 0.25) is 0 Å². The first-order valence-electron chi connectivity index (χ1n) is 8.76. The highest BCUT2D eigenvalue weighted by atomic mass is 32.2. The fourth-order valence-electron chi connectivity index (χ4n) is 3.16. The Morgan fingerprint density at radius 3 is 2.83 bits per heavy atom. The first kappa shape index (κ1) is 19.1. The topological polar surface area (TPSA) is 57.5 Å². The Labute approximate surface area is 150 Å². The lowest BCUT2D eigenvalue weighted by Crippen LogP contribution is -2.43. The molecule has 0 aliphatic heterocycles. The van der Waals surface area contributed by atoms with E-state index in [0.717, 1.165) is 17.8 Å². The molecule has 3 unspecified atom stereocenters. The van der Waals surface area contributed by atoms with Gasteiger partial charge in [-0.2, -0.15) is 16.9 Å². The van der Waals surface area contributed by atoms with Crippen LogP contribution in [0.3, 0.4) is 0 Å². The van der Waals surface area contributed by atoms with Crippen LogP contribution < -0.4 is 10.6 Å². The molecule has 2 N–H and O–H groups in total. The normalized spacial score (nSPS) is 22.8. The van der Waals surface area contributed by atoms with Crippen molar-refractivity contribution >= 4 is 17.7 Å². The Morgan fingerprint density at radius 1 is 1.50 bits per heavy atom. The van der Waals surface area contributed by atoms with E-state index in [-0.39, 0.29) is 6.04 Å². The minimum atomic E-state index is 0.233. The molecule has 2 rings (SSSR count). The molecule has 1 aromatic heterocycles. The number of nitrogens with zero attached hydrogens (tertiary/aromatic N) is 4. The summed E-state index contributed by atoms with van der Waals surface area (Å²) in [5.41, 5.74) is 1.20. The summed E-state index contributed by atoms with van der Waals surface area (Å²) >= 11 is 1.98. The van der Waals surface area contributed by atoms with Crippen LogP contribution in [-0.4, -0.2) is 65.4 Å². The van der Waals surface area contributed by atoms with Crippen molar-refractivity contribution in [1.29, 1.82) is 0 Å². The standard InChI is InChI=1S/C17H32N6S/c1-6-18-17(21-14-7-8-15(9-14)24-5)19-11-16(22(2)3)13-10-20-23(4)12-13/h10,12,14-16H,6-9,11H2,1-5H3,(H2,18,19,21). The quantitative estimate of drug-likeness (QED) is 0.579. The van der Waals surface area contributed by atoms with Gasteiger partial charge in [-0.1, -0.05) is 0 Å². The zero-order valence-corrected chi connectivity index (χ0v) is 16.4. The number of aliphatic imine (C=N–C) groups is 1. The summed E-state index contributed by atoms with van der Waals surface area (Å²) in [6.07, 6.45) is 9.97. The van der Waals surface area contributed by atoms with Crippen molar-refractivity contribution in [3.05, 3.63) is 18.0 Å². The van der Waals surface area contributed by atoms with Crippen molar-refractivity contribution in [3.8, 4) is 0 Å². The molecule has 0 spiro atoms. The molecule has 24 heavy (non-hydrogen) atoms. The maximum absolute atomic E-state index is 4.84. The summed E-state index contributed by atoms with van der Waals surface area (Å²) in [5.74, 6) is 0.931. The van der Waals surface area contributed by atoms with Gasteiger partial charge in [-0.05, 0) is 46.5 Å². The molecule has 0 amide bonds. The average Bonchev–Trinajstić information content (AvgIpc) is 3.16.